The lowest BCUT2D eigenvalue weighted by atomic mass is 10.5. The van der Waals surface area contributed by atoms with Crippen LogP contribution in [0.25, 0.3) is 0 Å². The molecule has 0 unspecified atom stereocenters. The van der Waals surface area contributed by atoms with Gasteiger partial charge in [-0.2, -0.15) is 4.31 Å². The van der Waals surface area contributed by atoms with Gasteiger partial charge < -0.3 is 5.73 Å². The first-order valence-electron chi connectivity index (χ1n) is 5.07. The molecule has 0 spiro atoms. The van der Waals surface area contributed by atoms with Gasteiger partial charge in [-0.05, 0) is 12.1 Å². The van der Waals surface area contributed by atoms with Crippen molar-refractivity contribution < 1.29 is 12.6 Å². The van der Waals surface area contributed by atoms with Crippen LogP contribution in [0.3, 0.4) is 0 Å². The van der Waals surface area contributed by atoms with E-state index >= 15 is 0 Å². The molecule has 0 aromatic carbocycles. The second-order valence-electron chi connectivity index (χ2n) is 3.64. The summed E-state index contributed by atoms with van der Waals surface area (Å²) in [6.07, 6.45) is 1.44. The van der Waals surface area contributed by atoms with Crippen molar-refractivity contribution >= 4 is 26.6 Å². The van der Waals surface area contributed by atoms with Gasteiger partial charge in [-0.3, -0.25) is 4.21 Å². The van der Waals surface area contributed by atoms with E-state index < -0.39 is 20.8 Å². The second-order valence-corrected chi connectivity index (χ2v) is 7.24. The van der Waals surface area contributed by atoms with E-state index in [4.69, 9.17) is 5.73 Å². The fourth-order valence-corrected chi connectivity index (χ4v) is 4.41. The average molecular weight is 275 g/mol. The highest BCUT2D eigenvalue weighted by Crippen LogP contribution is 2.21. The molecular formula is C9H13N3O3S2. The minimum Gasteiger partial charge on any atom is -0.383 e. The molecule has 6 nitrogen and oxygen atoms in total. The number of rotatable bonds is 2. The van der Waals surface area contributed by atoms with E-state index in [9.17, 15) is 12.6 Å². The minimum absolute atomic E-state index is 0.000745. The Balaban J connectivity index is 2.31. The van der Waals surface area contributed by atoms with Crippen molar-refractivity contribution in [2.45, 2.75) is 4.90 Å². The molecule has 0 bridgehead atoms. The van der Waals surface area contributed by atoms with Crippen molar-refractivity contribution in [2.24, 2.45) is 0 Å². The van der Waals surface area contributed by atoms with Gasteiger partial charge in [0.2, 0.25) is 10.0 Å². The van der Waals surface area contributed by atoms with Crippen molar-refractivity contribution in [3.63, 3.8) is 0 Å². The maximum Gasteiger partial charge on any atom is 0.246 e. The van der Waals surface area contributed by atoms with Gasteiger partial charge in [0, 0.05) is 41.6 Å². The predicted octanol–water partition coefficient (Wildman–Crippen LogP) is -0.583. The second kappa shape index (κ2) is 4.71. The van der Waals surface area contributed by atoms with Crippen molar-refractivity contribution in [1.82, 2.24) is 9.29 Å². The van der Waals surface area contributed by atoms with Gasteiger partial charge in [0.15, 0.2) is 0 Å². The van der Waals surface area contributed by atoms with Gasteiger partial charge in [-0.15, -0.1) is 0 Å². The van der Waals surface area contributed by atoms with Crippen LogP contribution in [0.1, 0.15) is 0 Å². The Kier molecular flexibility index (Phi) is 3.45. The third-order valence-electron chi connectivity index (χ3n) is 2.55. The first-order valence-corrected chi connectivity index (χ1v) is 8.00. The minimum atomic E-state index is -3.60. The van der Waals surface area contributed by atoms with Crippen molar-refractivity contribution in [1.29, 1.82) is 0 Å². The number of anilines is 1. The number of hydrogen-bond donors (Lipinski definition) is 1. The number of nitrogens with two attached hydrogens (primary N) is 1. The van der Waals surface area contributed by atoms with Gasteiger partial charge in [0.1, 0.15) is 10.7 Å². The number of aromatic nitrogens is 1. The quantitative estimate of drug-likeness (QED) is 0.779. The molecule has 2 N–H and O–H groups in total. The molecule has 1 aromatic rings. The van der Waals surface area contributed by atoms with E-state index in [2.05, 4.69) is 4.98 Å². The smallest absolute Gasteiger partial charge is 0.246 e. The van der Waals surface area contributed by atoms with E-state index in [0.29, 0.717) is 11.5 Å². The Hall–Kier alpha value is -0.990. The zero-order chi connectivity index (χ0) is 12.5. The average Bonchev–Trinajstić information content (AvgIpc) is 2.30. The summed E-state index contributed by atoms with van der Waals surface area (Å²) in [7, 11) is -4.52. The van der Waals surface area contributed by atoms with Crippen molar-refractivity contribution in [3.05, 3.63) is 18.3 Å². The zero-order valence-corrected chi connectivity index (χ0v) is 10.7. The van der Waals surface area contributed by atoms with Gasteiger partial charge in [0.05, 0.1) is 0 Å². The van der Waals surface area contributed by atoms with E-state index in [1.54, 1.807) is 0 Å². The molecule has 1 aromatic heterocycles. The maximum absolute atomic E-state index is 12.2. The SMILES string of the molecule is Nc1ncccc1S(=O)(=O)N1CCS(=O)CC1. The number of nitrogens with zero attached hydrogens (tertiary/aromatic N) is 2. The monoisotopic (exact) mass is 275 g/mol. The van der Waals surface area contributed by atoms with Crippen LogP contribution in [0.5, 0.6) is 0 Å². The summed E-state index contributed by atoms with van der Waals surface area (Å²) in [5, 5.41) is 0. The van der Waals surface area contributed by atoms with Gasteiger partial charge in [-0.1, -0.05) is 0 Å². The van der Waals surface area contributed by atoms with Gasteiger partial charge in [0.25, 0.3) is 0 Å². The molecule has 8 heteroatoms. The lowest BCUT2D eigenvalue weighted by molar-refractivity contribution is 0.439. The van der Waals surface area contributed by atoms with Crippen LogP contribution in [0, 0.1) is 0 Å². The molecule has 0 aliphatic carbocycles. The van der Waals surface area contributed by atoms with Crippen LogP contribution in [0.2, 0.25) is 0 Å². The van der Waals surface area contributed by atoms with Crippen LogP contribution in [0.4, 0.5) is 5.82 Å². The number of sulfonamides is 1. The van der Waals surface area contributed by atoms with Crippen molar-refractivity contribution in [2.75, 3.05) is 30.3 Å². The van der Waals surface area contributed by atoms with Crippen LogP contribution in [-0.4, -0.2) is 46.5 Å². The normalized spacial score (nSPS) is 19.3. The lowest BCUT2D eigenvalue weighted by Gasteiger charge is -2.25. The summed E-state index contributed by atoms with van der Waals surface area (Å²) in [5.74, 6) is 0.748. The van der Waals surface area contributed by atoms with E-state index in [-0.39, 0.29) is 23.8 Å². The highest BCUT2D eigenvalue weighted by molar-refractivity contribution is 7.89. The summed E-state index contributed by atoms with van der Waals surface area (Å²) in [5.41, 5.74) is 5.56. The van der Waals surface area contributed by atoms with Crippen LogP contribution in [-0.2, 0) is 20.8 Å². The summed E-state index contributed by atoms with van der Waals surface area (Å²) in [6, 6.07) is 2.97. The van der Waals surface area contributed by atoms with Crippen LogP contribution in [0.15, 0.2) is 23.2 Å². The summed E-state index contributed by atoms with van der Waals surface area (Å²) in [6.45, 7) is 0.534. The fraction of sp³-hybridized carbons (Fsp3) is 0.444. The predicted molar refractivity (Wildman–Crippen MR) is 65.3 cm³/mol. The molecule has 2 heterocycles. The first kappa shape index (κ1) is 12.5. The number of hydrogen-bond acceptors (Lipinski definition) is 5. The van der Waals surface area contributed by atoms with Crippen LogP contribution >= 0.6 is 0 Å². The fourth-order valence-electron chi connectivity index (χ4n) is 1.62. The molecule has 0 atom stereocenters. The number of nitrogen functional groups attached to an aromatic ring is 1. The zero-order valence-electron chi connectivity index (χ0n) is 9.07. The standard InChI is InChI=1S/C9H13N3O3S2/c10-9-8(2-1-3-11-9)17(14,15)12-4-6-16(13)7-5-12/h1-3H,4-7H2,(H2,10,11). The third-order valence-corrected chi connectivity index (χ3v) is 5.78. The molecule has 17 heavy (non-hydrogen) atoms. The Labute approximate surface area is 102 Å². The highest BCUT2D eigenvalue weighted by atomic mass is 32.2. The molecule has 1 saturated heterocycles. The Morgan fingerprint density at radius 2 is 2.00 bits per heavy atom. The molecule has 2 rings (SSSR count). The molecule has 1 aliphatic rings. The van der Waals surface area contributed by atoms with E-state index in [0.717, 1.165) is 0 Å². The highest BCUT2D eigenvalue weighted by Gasteiger charge is 2.29. The van der Waals surface area contributed by atoms with Crippen molar-refractivity contribution in [3.8, 4) is 0 Å². The molecule has 0 saturated carbocycles. The van der Waals surface area contributed by atoms with Crippen LogP contribution < -0.4 is 5.73 Å². The Morgan fingerprint density at radius 3 is 2.59 bits per heavy atom. The summed E-state index contributed by atoms with van der Waals surface area (Å²) < 4.78 is 36.9. The molecule has 1 fully saturated rings. The van der Waals surface area contributed by atoms with E-state index in [1.807, 2.05) is 0 Å². The lowest BCUT2D eigenvalue weighted by Crippen LogP contribution is -2.41. The molecule has 94 valence electrons. The van der Waals surface area contributed by atoms with E-state index in [1.165, 1.54) is 22.6 Å². The molecular weight excluding hydrogens is 262 g/mol. The third kappa shape index (κ3) is 2.48. The summed E-state index contributed by atoms with van der Waals surface area (Å²) in [4.78, 5) is 3.79. The molecule has 0 radical (unpaired) electrons. The molecule has 1 aliphatic heterocycles. The maximum atomic E-state index is 12.2. The largest absolute Gasteiger partial charge is 0.383 e. The number of pyridine rings is 1. The van der Waals surface area contributed by atoms with Gasteiger partial charge >= 0.3 is 0 Å². The topological polar surface area (TPSA) is 93.4 Å². The Bertz CT molecular complexity index is 534. The summed E-state index contributed by atoms with van der Waals surface area (Å²) >= 11 is 0. The van der Waals surface area contributed by atoms with Gasteiger partial charge in [-0.25, -0.2) is 13.4 Å². The Morgan fingerprint density at radius 1 is 1.35 bits per heavy atom. The molecule has 0 amide bonds. The first-order chi connectivity index (χ1) is 8.01.